The molecule has 0 atom stereocenters. The van der Waals surface area contributed by atoms with Gasteiger partial charge in [0.25, 0.3) is 0 Å². The van der Waals surface area contributed by atoms with Crippen molar-refractivity contribution in [1.29, 1.82) is 0 Å². The molecule has 1 aromatic carbocycles. The summed E-state index contributed by atoms with van der Waals surface area (Å²) in [7, 11) is 0. The molecular weight excluding hydrogens is 214 g/mol. The molecule has 0 saturated heterocycles. The fourth-order valence-corrected chi connectivity index (χ4v) is 1.64. The molecule has 3 heteroatoms. The van der Waals surface area contributed by atoms with Crippen molar-refractivity contribution >= 4 is 0 Å². The Balaban J connectivity index is 2.30. The van der Waals surface area contributed by atoms with Gasteiger partial charge in [-0.2, -0.15) is 0 Å². The molecule has 0 aliphatic rings. The maximum atomic E-state index is 5.69. The van der Waals surface area contributed by atoms with Crippen LogP contribution in [0.5, 0.6) is 5.75 Å². The van der Waals surface area contributed by atoms with Gasteiger partial charge in [0, 0.05) is 0 Å². The van der Waals surface area contributed by atoms with Gasteiger partial charge in [0.05, 0.1) is 18.7 Å². The smallest absolute Gasteiger partial charge is 0.138 e. The van der Waals surface area contributed by atoms with Crippen LogP contribution < -0.4 is 10.5 Å². The minimum absolute atomic E-state index is 0.415. The van der Waals surface area contributed by atoms with E-state index in [0.717, 1.165) is 29.3 Å². The number of ether oxygens (including phenoxy) is 1. The highest BCUT2D eigenvalue weighted by atomic mass is 16.5. The summed E-state index contributed by atoms with van der Waals surface area (Å²) in [5.74, 6) is 2.44. The third-order valence-electron chi connectivity index (χ3n) is 2.48. The molecule has 17 heavy (non-hydrogen) atoms. The van der Waals surface area contributed by atoms with Crippen molar-refractivity contribution in [2.24, 2.45) is 5.73 Å². The van der Waals surface area contributed by atoms with Crippen molar-refractivity contribution in [2.45, 2.75) is 19.9 Å². The maximum Gasteiger partial charge on any atom is 0.138 e. The first-order valence-corrected chi connectivity index (χ1v) is 5.86. The van der Waals surface area contributed by atoms with Crippen LogP contribution in [0.3, 0.4) is 0 Å². The van der Waals surface area contributed by atoms with E-state index in [4.69, 9.17) is 14.9 Å². The summed E-state index contributed by atoms with van der Waals surface area (Å²) >= 11 is 0. The minimum Gasteiger partial charge on any atom is -0.493 e. The zero-order valence-corrected chi connectivity index (χ0v) is 9.98. The molecule has 0 unspecified atom stereocenters. The normalized spacial score (nSPS) is 10.5. The summed E-state index contributed by atoms with van der Waals surface area (Å²) in [6.45, 7) is 3.21. The van der Waals surface area contributed by atoms with Crippen LogP contribution in [0, 0.1) is 0 Å². The molecule has 90 valence electrons. The van der Waals surface area contributed by atoms with Crippen molar-refractivity contribution in [2.75, 3.05) is 6.61 Å². The van der Waals surface area contributed by atoms with Crippen molar-refractivity contribution in [3.05, 3.63) is 42.2 Å². The summed E-state index contributed by atoms with van der Waals surface area (Å²) in [4.78, 5) is 0. The molecule has 0 amide bonds. The molecule has 2 aromatic rings. The molecule has 2 N–H and O–H groups in total. The standard InChI is InChI=1S/C14H17NO2/c1-2-9-16-13-6-4-3-5-12(13)14-8-7-11(10-15)17-14/h3-8H,2,9-10,15H2,1H3. The topological polar surface area (TPSA) is 48.4 Å². The number of rotatable bonds is 5. The molecule has 0 radical (unpaired) electrons. The van der Waals surface area contributed by atoms with Crippen LogP contribution in [0.15, 0.2) is 40.8 Å². The fraction of sp³-hybridized carbons (Fsp3) is 0.286. The molecule has 0 saturated carbocycles. The maximum absolute atomic E-state index is 5.69. The Kier molecular flexibility index (Phi) is 3.83. The largest absolute Gasteiger partial charge is 0.493 e. The predicted octanol–water partition coefficient (Wildman–Crippen LogP) is 3.19. The van der Waals surface area contributed by atoms with E-state index in [1.165, 1.54) is 0 Å². The fourth-order valence-electron chi connectivity index (χ4n) is 1.64. The zero-order valence-electron chi connectivity index (χ0n) is 9.98. The molecule has 0 spiro atoms. The Morgan fingerprint density at radius 1 is 1.18 bits per heavy atom. The highest BCUT2D eigenvalue weighted by molar-refractivity contribution is 5.65. The van der Waals surface area contributed by atoms with Gasteiger partial charge in [0.1, 0.15) is 17.3 Å². The van der Waals surface area contributed by atoms with Gasteiger partial charge in [-0.1, -0.05) is 19.1 Å². The van der Waals surface area contributed by atoms with E-state index in [-0.39, 0.29) is 0 Å². The van der Waals surface area contributed by atoms with Gasteiger partial charge in [0.15, 0.2) is 0 Å². The zero-order chi connectivity index (χ0) is 12.1. The molecule has 1 aromatic heterocycles. The molecular formula is C14H17NO2. The number of hydrogen-bond donors (Lipinski definition) is 1. The average Bonchev–Trinajstić information content (AvgIpc) is 2.85. The number of hydrogen-bond acceptors (Lipinski definition) is 3. The van der Waals surface area contributed by atoms with Crippen LogP contribution in [-0.4, -0.2) is 6.61 Å². The summed E-state index contributed by atoms with van der Waals surface area (Å²) < 4.78 is 11.3. The van der Waals surface area contributed by atoms with E-state index in [1.54, 1.807) is 0 Å². The van der Waals surface area contributed by atoms with Gasteiger partial charge in [-0.3, -0.25) is 0 Å². The molecule has 0 bridgehead atoms. The monoisotopic (exact) mass is 231 g/mol. The van der Waals surface area contributed by atoms with Gasteiger partial charge in [-0.05, 0) is 30.7 Å². The molecule has 0 fully saturated rings. The summed E-state index contributed by atoms with van der Waals surface area (Å²) in [6.07, 6.45) is 0.987. The second-order valence-corrected chi connectivity index (χ2v) is 3.81. The predicted molar refractivity (Wildman–Crippen MR) is 67.8 cm³/mol. The lowest BCUT2D eigenvalue weighted by atomic mass is 10.1. The number of para-hydroxylation sites is 1. The first kappa shape index (κ1) is 11.7. The van der Waals surface area contributed by atoms with E-state index >= 15 is 0 Å². The van der Waals surface area contributed by atoms with Crippen molar-refractivity contribution in [3.63, 3.8) is 0 Å². The van der Waals surface area contributed by atoms with Gasteiger partial charge in [0.2, 0.25) is 0 Å². The minimum atomic E-state index is 0.415. The first-order valence-electron chi connectivity index (χ1n) is 5.86. The highest BCUT2D eigenvalue weighted by Crippen LogP contribution is 2.31. The van der Waals surface area contributed by atoms with E-state index < -0.39 is 0 Å². The van der Waals surface area contributed by atoms with E-state index in [2.05, 4.69) is 6.92 Å². The van der Waals surface area contributed by atoms with Crippen LogP contribution in [0.2, 0.25) is 0 Å². The third-order valence-corrected chi connectivity index (χ3v) is 2.48. The third kappa shape index (κ3) is 2.68. The molecule has 2 rings (SSSR count). The summed E-state index contributed by atoms with van der Waals surface area (Å²) in [5, 5.41) is 0. The second-order valence-electron chi connectivity index (χ2n) is 3.81. The second kappa shape index (κ2) is 5.55. The van der Waals surface area contributed by atoms with Crippen LogP contribution in [0.1, 0.15) is 19.1 Å². The Labute approximate surface area is 101 Å². The van der Waals surface area contributed by atoms with Gasteiger partial charge < -0.3 is 14.9 Å². The van der Waals surface area contributed by atoms with E-state index in [0.29, 0.717) is 13.2 Å². The lowest BCUT2D eigenvalue weighted by Crippen LogP contribution is -1.96. The Morgan fingerprint density at radius 2 is 2.00 bits per heavy atom. The van der Waals surface area contributed by atoms with Crippen LogP contribution in [0.25, 0.3) is 11.3 Å². The highest BCUT2D eigenvalue weighted by Gasteiger charge is 2.09. The van der Waals surface area contributed by atoms with Crippen molar-refractivity contribution < 1.29 is 9.15 Å². The Morgan fingerprint density at radius 3 is 2.71 bits per heavy atom. The SMILES string of the molecule is CCCOc1ccccc1-c1ccc(CN)o1. The molecule has 1 heterocycles. The van der Waals surface area contributed by atoms with Crippen molar-refractivity contribution in [1.82, 2.24) is 0 Å². The van der Waals surface area contributed by atoms with Gasteiger partial charge >= 0.3 is 0 Å². The molecule has 0 aliphatic heterocycles. The van der Waals surface area contributed by atoms with Crippen LogP contribution in [0.4, 0.5) is 0 Å². The van der Waals surface area contributed by atoms with Crippen LogP contribution in [-0.2, 0) is 6.54 Å². The van der Waals surface area contributed by atoms with Gasteiger partial charge in [-0.25, -0.2) is 0 Å². The van der Waals surface area contributed by atoms with Crippen molar-refractivity contribution in [3.8, 4) is 17.1 Å². The molecule has 0 aliphatic carbocycles. The van der Waals surface area contributed by atoms with Crippen LogP contribution >= 0.6 is 0 Å². The number of nitrogens with two attached hydrogens (primary N) is 1. The lowest BCUT2D eigenvalue weighted by molar-refractivity contribution is 0.318. The summed E-state index contributed by atoms with van der Waals surface area (Å²) in [5.41, 5.74) is 6.51. The number of furan rings is 1. The lowest BCUT2D eigenvalue weighted by Gasteiger charge is -2.08. The van der Waals surface area contributed by atoms with Gasteiger partial charge in [-0.15, -0.1) is 0 Å². The first-order chi connectivity index (χ1) is 8.35. The quantitative estimate of drug-likeness (QED) is 0.859. The number of benzene rings is 1. The molecule has 3 nitrogen and oxygen atoms in total. The average molecular weight is 231 g/mol. The van der Waals surface area contributed by atoms with E-state index in [9.17, 15) is 0 Å². The summed E-state index contributed by atoms with van der Waals surface area (Å²) in [6, 6.07) is 11.7. The van der Waals surface area contributed by atoms with E-state index in [1.807, 2.05) is 36.4 Å². The Hall–Kier alpha value is -1.74. The Bertz CT molecular complexity index is 477.